The zero-order chi connectivity index (χ0) is 14.6. The average Bonchev–Trinajstić information content (AvgIpc) is 2.45. The summed E-state index contributed by atoms with van der Waals surface area (Å²) in [6.07, 6.45) is 16.7. The highest BCUT2D eigenvalue weighted by molar-refractivity contribution is 5.78. The van der Waals surface area contributed by atoms with Gasteiger partial charge < -0.3 is 4.74 Å². The maximum absolute atomic E-state index is 11.5. The predicted octanol–water partition coefficient (Wildman–Crippen LogP) is 5.64. The summed E-state index contributed by atoms with van der Waals surface area (Å²) in [7, 11) is 0. The Balaban J connectivity index is 2.00. The highest BCUT2D eigenvalue weighted by Crippen LogP contribution is 2.31. The molecule has 1 aliphatic heterocycles. The maximum atomic E-state index is 11.5. The third kappa shape index (κ3) is 6.76. The van der Waals surface area contributed by atoms with Crippen LogP contribution in [-0.4, -0.2) is 12.1 Å². The van der Waals surface area contributed by atoms with E-state index in [0.717, 1.165) is 12.8 Å². The molecule has 0 bridgehead atoms. The van der Waals surface area contributed by atoms with Crippen LogP contribution in [-0.2, 0) is 9.53 Å². The molecule has 0 aromatic rings. The molecule has 1 heterocycles. The molecule has 2 unspecified atom stereocenters. The molecule has 1 saturated heterocycles. The first-order valence-electron chi connectivity index (χ1n) is 9.00. The van der Waals surface area contributed by atoms with Gasteiger partial charge in [0, 0.05) is 0 Å². The topological polar surface area (TPSA) is 26.3 Å². The lowest BCUT2D eigenvalue weighted by atomic mass is 9.87. The summed E-state index contributed by atoms with van der Waals surface area (Å²) < 4.78 is 5.31. The standard InChI is InChI=1S/C18H34O2/c1-3-5-7-9-11-12-14-16-17(20-18(16)19)15-13-10-8-6-4-2/h16-17H,3-15H2,1-2H3. The Morgan fingerprint density at radius 2 is 1.25 bits per heavy atom. The number of esters is 1. The van der Waals surface area contributed by atoms with Gasteiger partial charge in [0.15, 0.2) is 0 Å². The van der Waals surface area contributed by atoms with E-state index in [4.69, 9.17) is 4.74 Å². The van der Waals surface area contributed by atoms with E-state index in [1.165, 1.54) is 70.6 Å². The Morgan fingerprint density at radius 1 is 0.750 bits per heavy atom. The summed E-state index contributed by atoms with van der Waals surface area (Å²) in [6.45, 7) is 4.49. The molecule has 118 valence electrons. The Labute approximate surface area is 125 Å². The van der Waals surface area contributed by atoms with Gasteiger partial charge in [0.1, 0.15) is 6.10 Å². The maximum Gasteiger partial charge on any atom is 0.313 e. The van der Waals surface area contributed by atoms with Gasteiger partial charge in [0.05, 0.1) is 5.92 Å². The molecule has 2 atom stereocenters. The quantitative estimate of drug-likeness (QED) is 0.323. The lowest BCUT2D eigenvalue weighted by molar-refractivity contribution is -0.186. The molecule has 0 spiro atoms. The van der Waals surface area contributed by atoms with Crippen molar-refractivity contribution in [2.45, 2.75) is 103 Å². The summed E-state index contributed by atoms with van der Waals surface area (Å²) in [5.41, 5.74) is 0. The summed E-state index contributed by atoms with van der Waals surface area (Å²) in [5, 5.41) is 0. The van der Waals surface area contributed by atoms with Crippen molar-refractivity contribution in [3.05, 3.63) is 0 Å². The molecular formula is C18H34O2. The molecule has 0 N–H and O–H groups in total. The van der Waals surface area contributed by atoms with Crippen LogP contribution in [0.5, 0.6) is 0 Å². The number of unbranched alkanes of at least 4 members (excludes halogenated alkanes) is 9. The summed E-state index contributed by atoms with van der Waals surface area (Å²) in [4.78, 5) is 11.5. The smallest absolute Gasteiger partial charge is 0.313 e. The van der Waals surface area contributed by atoms with Crippen molar-refractivity contribution in [3.8, 4) is 0 Å². The van der Waals surface area contributed by atoms with Crippen molar-refractivity contribution in [2.24, 2.45) is 5.92 Å². The van der Waals surface area contributed by atoms with Gasteiger partial charge in [-0.2, -0.15) is 0 Å². The van der Waals surface area contributed by atoms with Crippen molar-refractivity contribution in [1.82, 2.24) is 0 Å². The number of ether oxygens (including phenoxy) is 1. The number of rotatable bonds is 13. The second kappa shape index (κ2) is 11.2. The Bertz CT molecular complexity index is 250. The fraction of sp³-hybridized carbons (Fsp3) is 0.944. The summed E-state index contributed by atoms with van der Waals surface area (Å²) >= 11 is 0. The number of carbonyl (C=O) groups is 1. The minimum atomic E-state index is 0.0668. The Morgan fingerprint density at radius 3 is 1.80 bits per heavy atom. The molecule has 20 heavy (non-hydrogen) atoms. The molecule has 0 radical (unpaired) electrons. The Kier molecular flexibility index (Phi) is 9.78. The van der Waals surface area contributed by atoms with E-state index >= 15 is 0 Å². The van der Waals surface area contributed by atoms with Gasteiger partial charge in [0.25, 0.3) is 0 Å². The van der Waals surface area contributed by atoms with Gasteiger partial charge in [-0.25, -0.2) is 0 Å². The zero-order valence-electron chi connectivity index (χ0n) is 13.7. The van der Waals surface area contributed by atoms with Crippen LogP contribution in [0.2, 0.25) is 0 Å². The largest absolute Gasteiger partial charge is 0.461 e. The molecule has 0 aromatic heterocycles. The van der Waals surface area contributed by atoms with Crippen LogP contribution in [0.15, 0.2) is 0 Å². The molecule has 0 aromatic carbocycles. The van der Waals surface area contributed by atoms with Gasteiger partial charge in [-0.1, -0.05) is 78.1 Å². The van der Waals surface area contributed by atoms with E-state index in [1.54, 1.807) is 0 Å². The number of hydrogen-bond donors (Lipinski definition) is 0. The van der Waals surface area contributed by atoms with Crippen LogP contribution < -0.4 is 0 Å². The van der Waals surface area contributed by atoms with Gasteiger partial charge in [-0.15, -0.1) is 0 Å². The van der Waals surface area contributed by atoms with Crippen LogP contribution in [0, 0.1) is 5.92 Å². The molecule has 1 aliphatic rings. The molecular weight excluding hydrogens is 248 g/mol. The van der Waals surface area contributed by atoms with E-state index < -0.39 is 0 Å². The summed E-state index contributed by atoms with van der Waals surface area (Å²) in [6, 6.07) is 0. The zero-order valence-corrected chi connectivity index (χ0v) is 13.7. The van der Waals surface area contributed by atoms with E-state index in [1.807, 2.05) is 0 Å². The van der Waals surface area contributed by atoms with Crippen molar-refractivity contribution >= 4 is 5.97 Å². The first kappa shape index (κ1) is 17.5. The predicted molar refractivity (Wildman–Crippen MR) is 84.7 cm³/mol. The van der Waals surface area contributed by atoms with E-state index in [9.17, 15) is 4.79 Å². The second-order valence-corrected chi connectivity index (χ2v) is 6.34. The fourth-order valence-corrected chi connectivity index (χ4v) is 3.06. The highest BCUT2D eigenvalue weighted by Gasteiger charge is 2.40. The van der Waals surface area contributed by atoms with Gasteiger partial charge in [-0.3, -0.25) is 4.79 Å². The van der Waals surface area contributed by atoms with Crippen molar-refractivity contribution in [3.63, 3.8) is 0 Å². The Hall–Kier alpha value is -0.530. The van der Waals surface area contributed by atoms with Crippen LogP contribution >= 0.6 is 0 Å². The lowest BCUT2D eigenvalue weighted by Crippen LogP contribution is -2.44. The minimum absolute atomic E-state index is 0.0668. The third-order valence-corrected chi connectivity index (χ3v) is 4.48. The van der Waals surface area contributed by atoms with E-state index in [0.29, 0.717) is 0 Å². The van der Waals surface area contributed by atoms with E-state index in [-0.39, 0.29) is 18.0 Å². The fourth-order valence-electron chi connectivity index (χ4n) is 3.06. The van der Waals surface area contributed by atoms with Gasteiger partial charge in [-0.05, 0) is 19.3 Å². The second-order valence-electron chi connectivity index (χ2n) is 6.34. The lowest BCUT2D eigenvalue weighted by Gasteiger charge is -2.35. The monoisotopic (exact) mass is 282 g/mol. The molecule has 2 heteroatoms. The first-order chi connectivity index (χ1) is 9.79. The van der Waals surface area contributed by atoms with Crippen LogP contribution in [0.25, 0.3) is 0 Å². The molecule has 1 fully saturated rings. The van der Waals surface area contributed by atoms with Crippen LogP contribution in [0.4, 0.5) is 0 Å². The van der Waals surface area contributed by atoms with Crippen molar-refractivity contribution in [2.75, 3.05) is 0 Å². The molecule has 2 nitrogen and oxygen atoms in total. The van der Waals surface area contributed by atoms with E-state index in [2.05, 4.69) is 13.8 Å². The summed E-state index contributed by atoms with van der Waals surface area (Å²) in [5.74, 6) is 0.296. The normalized spacial score (nSPS) is 21.6. The average molecular weight is 282 g/mol. The number of cyclic esters (lactones) is 1. The van der Waals surface area contributed by atoms with Crippen molar-refractivity contribution in [1.29, 1.82) is 0 Å². The SMILES string of the molecule is CCCCCCCCC1C(=O)OC1CCCCCCC. The molecule has 1 rings (SSSR count). The van der Waals surface area contributed by atoms with Crippen molar-refractivity contribution < 1.29 is 9.53 Å². The third-order valence-electron chi connectivity index (χ3n) is 4.48. The van der Waals surface area contributed by atoms with Gasteiger partial charge in [0.2, 0.25) is 0 Å². The number of carbonyl (C=O) groups excluding carboxylic acids is 1. The first-order valence-corrected chi connectivity index (χ1v) is 9.00. The molecule has 0 aliphatic carbocycles. The molecule has 0 amide bonds. The van der Waals surface area contributed by atoms with Gasteiger partial charge >= 0.3 is 5.97 Å². The minimum Gasteiger partial charge on any atom is -0.461 e. The van der Waals surface area contributed by atoms with Crippen LogP contribution in [0.1, 0.15) is 97.3 Å². The molecule has 0 saturated carbocycles. The van der Waals surface area contributed by atoms with Crippen LogP contribution in [0.3, 0.4) is 0 Å². The number of hydrogen-bond acceptors (Lipinski definition) is 2. The highest BCUT2D eigenvalue weighted by atomic mass is 16.6.